The molecule has 0 unspecified atom stereocenters. The van der Waals surface area contributed by atoms with Crippen LogP contribution >= 0.6 is 0 Å². The van der Waals surface area contributed by atoms with Gasteiger partial charge in [-0.15, -0.1) is 0 Å². The highest BCUT2D eigenvalue weighted by atomic mass is 16.3. The van der Waals surface area contributed by atoms with E-state index < -0.39 is 0 Å². The molecule has 5 nitrogen and oxygen atoms in total. The molecular weight excluding hydrogens is 252 g/mol. The molecule has 2 rings (SSSR count). The largest absolute Gasteiger partial charge is 0.391 e. The van der Waals surface area contributed by atoms with E-state index >= 15 is 0 Å². The van der Waals surface area contributed by atoms with Crippen LogP contribution in [0.4, 0.5) is 0 Å². The first-order valence-electron chi connectivity index (χ1n) is 7.13. The first kappa shape index (κ1) is 15.0. The summed E-state index contributed by atoms with van der Waals surface area (Å²) in [4.78, 5) is 7.64. The number of nitrogens with zero attached hydrogens (tertiary/aromatic N) is 3. The molecule has 0 radical (unpaired) electrons. The maximum atomic E-state index is 10.2. The molecule has 5 heteroatoms. The van der Waals surface area contributed by atoms with E-state index in [9.17, 15) is 5.11 Å². The summed E-state index contributed by atoms with van der Waals surface area (Å²) in [6, 6.07) is 4.10. The molecule has 0 saturated carbocycles. The Labute approximate surface area is 120 Å². The van der Waals surface area contributed by atoms with Crippen LogP contribution in [-0.4, -0.2) is 59.7 Å². The van der Waals surface area contributed by atoms with Gasteiger partial charge in [0.1, 0.15) is 6.07 Å². The van der Waals surface area contributed by atoms with Crippen molar-refractivity contribution in [3.8, 4) is 6.07 Å². The Kier molecular flexibility index (Phi) is 4.81. The zero-order valence-corrected chi connectivity index (χ0v) is 12.6. The quantitative estimate of drug-likeness (QED) is 0.859. The summed E-state index contributed by atoms with van der Waals surface area (Å²) in [5.41, 5.74) is 2.69. The first-order valence-corrected chi connectivity index (χ1v) is 7.13. The summed E-state index contributed by atoms with van der Waals surface area (Å²) in [6.07, 6.45) is 0.752. The van der Waals surface area contributed by atoms with Crippen molar-refractivity contribution in [2.75, 3.05) is 33.7 Å². The molecule has 0 spiro atoms. The van der Waals surface area contributed by atoms with Crippen LogP contribution in [0, 0.1) is 24.2 Å². The minimum atomic E-state index is -0.266. The summed E-state index contributed by atoms with van der Waals surface area (Å²) in [7, 11) is 4.09. The van der Waals surface area contributed by atoms with Gasteiger partial charge < -0.3 is 15.0 Å². The number of piperidine rings is 1. The van der Waals surface area contributed by atoms with Gasteiger partial charge in [0.15, 0.2) is 0 Å². The van der Waals surface area contributed by atoms with Crippen LogP contribution in [0.5, 0.6) is 0 Å². The van der Waals surface area contributed by atoms with Crippen molar-refractivity contribution in [3.05, 3.63) is 23.0 Å². The Hall–Kier alpha value is -1.35. The number of nitriles is 1. The number of aryl methyl sites for hydroxylation is 1. The lowest BCUT2D eigenvalue weighted by Gasteiger charge is -2.36. The zero-order valence-electron chi connectivity index (χ0n) is 12.6. The smallest absolute Gasteiger partial charge is 0.101 e. The minimum Gasteiger partial charge on any atom is -0.391 e. The molecule has 1 fully saturated rings. The summed E-state index contributed by atoms with van der Waals surface area (Å²) in [5, 5.41) is 19.2. The van der Waals surface area contributed by atoms with Crippen molar-refractivity contribution >= 4 is 0 Å². The van der Waals surface area contributed by atoms with E-state index in [-0.39, 0.29) is 6.10 Å². The van der Waals surface area contributed by atoms with Crippen molar-refractivity contribution in [2.45, 2.75) is 26.0 Å². The number of aromatic amines is 1. The highest BCUT2D eigenvalue weighted by Crippen LogP contribution is 2.20. The van der Waals surface area contributed by atoms with Crippen molar-refractivity contribution in [2.24, 2.45) is 5.92 Å². The summed E-state index contributed by atoms with van der Waals surface area (Å²) in [6.45, 7) is 5.33. The van der Waals surface area contributed by atoms with E-state index in [0.717, 1.165) is 37.4 Å². The lowest BCUT2D eigenvalue weighted by Crippen LogP contribution is -2.46. The molecule has 0 aliphatic carbocycles. The average molecular weight is 276 g/mol. The van der Waals surface area contributed by atoms with Gasteiger partial charge >= 0.3 is 0 Å². The number of H-pyrrole nitrogens is 1. The molecular formula is C15H24N4O. The van der Waals surface area contributed by atoms with Gasteiger partial charge in [-0.25, -0.2) is 0 Å². The fraction of sp³-hybridized carbons (Fsp3) is 0.667. The van der Waals surface area contributed by atoms with E-state index in [0.29, 0.717) is 18.0 Å². The van der Waals surface area contributed by atoms with E-state index in [1.807, 2.05) is 27.1 Å². The molecule has 0 bridgehead atoms. The summed E-state index contributed by atoms with van der Waals surface area (Å²) in [5.74, 6) is 0.362. The predicted octanol–water partition coefficient (Wildman–Crippen LogP) is 0.939. The van der Waals surface area contributed by atoms with Crippen LogP contribution in [0.2, 0.25) is 0 Å². The number of hydrogen-bond donors (Lipinski definition) is 2. The second-order valence-corrected chi connectivity index (χ2v) is 6.06. The molecule has 110 valence electrons. The van der Waals surface area contributed by atoms with Gasteiger partial charge in [-0.3, -0.25) is 4.90 Å². The standard InChI is InChI=1S/C15H24N4O/c1-11-13(7-16)6-14(17-11)9-19-5-4-12(8-18(2)3)15(20)10-19/h6,12,15,17,20H,4-5,8-10H2,1-3H3/t12-,15+/m0/s1. The van der Waals surface area contributed by atoms with Gasteiger partial charge in [-0.2, -0.15) is 5.26 Å². The number of β-amino-alcohol motifs (C(OH)–C–C–N with tert-alkyl or cyclic N) is 1. The highest BCUT2D eigenvalue weighted by molar-refractivity contribution is 5.35. The molecule has 2 atom stereocenters. The Bertz CT molecular complexity index is 489. The molecule has 1 aromatic rings. The molecule has 20 heavy (non-hydrogen) atoms. The van der Waals surface area contributed by atoms with Gasteiger partial charge in [0, 0.05) is 31.0 Å². The third-order valence-electron chi connectivity index (χ3n) is 3.99. The van der Waals surface area contributed by atoms with Gasteiger partial charge in [-0.1, -0.05) is 0 Å². The van der Waals surface area contributed by atoms with E-state index in [1.54, 1.807) is 0 Å². The van der Waals surface area contributed by atoms with E-state index in [4.69, 9.17) is 5.26 Å². The third kappa shape index (κ3) is 3.60. The molecule has 2 heterocycles. The Balaban J connectivity index is 1.91. The number of rotatable bonds is 4. The summed E-state index contributed by atoms with van der Waals surface area (Å²) < 4.78 is 0. The SMILES string of the molecule is Cc1[nH]c(CN2CC[C@@H](CN(C)C)[C@H](O)C2)cc1C#N. The number of aliphatic hydroxyl groups is 1. The zero-order chi connectivity index (χ0) is 14.7. The molecule has 1 saturated heterocycles. The number of hydrogen-bond acceptors (Lipinski definition) is 4. The Morgan fingerprint density at radius 3 is 2.85 bits per heavy atom. The van der Waals surface area contributed by atoms with Gasteiger partial charge in [0.05, 0.1) is 11.7 Å². The molecule has 0 aromatic carbocycles. The van der Waals surface area contributed by atoms with Crippen LogP contribution in [-0.2, 0) is 6.54 Å². The van der Waals surface area contributed by atoms with Crippen LogP contribution in [0.15, 0.2) is 6.07 Å². The Morgan fingerprint density at radius 2 is 2.30 bits per heavy atom. The van der Waals surface area contributed by atoms with Gasteiger partial charge in [0.2, 0.25) is 0 Å². The number of aromatic nitrogens is 1. The second kappa shape index (κ2) is 6.40. The fourth-order valence-corrected chi connectivity index (χ4v) is 2.94. The normalized spacial score (nSPS) is 24.0. The van der Waals surface area contributed by atoms with E-state index in [1.165, 1.54) is 0 Å². The molecule has 1 aromatic heterocycles. The maximum Gasteiger partial charge on any atom is 0.101 e. The van der Waals surface area contributed by atoms with Crippen molar-refractivity contribution in [1.82, 2.24) is 14.8 Å². The lowest BCUT2D eigenvalue weighted by molar-refractivity contribution is 0.00879. The van der Waals surface area contributed by atoms with Crippen LogP contribution < -0.4 is 0 Å². The van der Waals surface area contributed by atoms with Crippen LogP contribution in [0.1, 0.15) is 23.4 Å². The first-order chi connectivity index (χ1) is 9.49. The fourth-order valence-electron chi connectivity index (χ4n) is 2.94. The average Bonchev–Trinajstić information content (AvgIpc) is 2.72. The van der Waals surface area contributed by atoms with Crippen molar-refractivity contribution < 1.29 is 5.11 Å². The molecule has 1 aliphatic rings. The minimum absolute atomic E-state index is 0.266. The van der Waals surface area contributed by atoms with E-state index in [2.05, 4.69) is 20.9 Å². The highest BCUT2D eigenvalue weighted by Gasteiger charge is 2.28. The summed E-state index contributed by atoms with van der Waals surface area (Å²) >= 11 is 0. The lowest BCUT2D eigenvalue weighted by atomic mass is 9.93. The van der Waals surface area contributed by atoms with Crippen LogP contribution in [0.3, 0.4) is 0 Å². The molecule has 0 amide bonds. The third-order valence-corrected chi connectivity index (χ3v) is 3.99. The maximum absolute atomic E-state index is 10.2. The Morgan fingerprint density at radius 1 is 1.55 bits per heavy atom. The predicted molar refractivity (Wildman–Crippen MR) is 78.2 cm³/mol. The number of nitrogens with one attached hydrogen (secondary N) is 1. The number of aliphatic hydroxyl groups excluding tert-OH is 1. The van der Waals surface area contributed by atoms with Crippen LogP contribution in [0.25, 0.3) is 0 Å². The van der Waals surface area contributed by atoms with Crippen molar-refractivity contribution in [3.63, 3.8) is 0 Å². The van der Waals surface area contributed by atoms with Crippen molar-refractivity contribution in [1.29, 1.82) is 5.26 Å². The molecule has 1 aliphatic heterocycles. The monoisotopic (exact) mass is 276 g/mol. The molecule has 2 N–H and O–H groups in total. The van der Waals surface area contributed by atoms with Gasteiger partial charge in [0.25, 0.3) is 0 Å². The second-order valence-electron chi connectivity index (χ2n) is 6.06. The van der Waals surface area contributed by atoms with Gasteiger partial charge in [-0.05, 0) is 46.0 Å². The number of likely N-dealkylation sites (tertiary alicyclic amines) is 1. The topological polar surface area (TPSA) is 66.3 Å².